The summed E-state index contributed by atoms with van der Waals surface area (Å²) in [4.78, 5) is 44.2. The minimum atomic E-state index is -4.59. The standard InChI is InChI=1S/C48H57N9O6S/c1-54-21-22-56(43(31-54)40-10-6-5-9-39(40)33-11-12-33)36-26-48(27-36)16-19-55(20-17-48)35-13-14-41(44(24-35)63-37-23-34-15-18-49-45(34)51-29-37)47(58)53-64(61,62)38-25-42(57(59)60)46(52-30-38)50-28-32-7-3-2-4-8-32/h5-6,9-10,13-15,18,23-25,29-30,32-33,36,43H,2-4,7-8,11-12,16-17,19-22,26-28,31H2,1H3,(H,49,51)(H,50,52)(H,53,58)/t43-/m0/s1. The molecule has 5 aromatic rings. The number of carbonyl (C=O) groups excluding carboxylic acids is 1. The lowest BCUT2D eigenvalue weighted by Gasteiger charge is -2.58. The Morgan fingerprint density at radius 3 is 2.48 bits per heavy atom. The Hall–Kier alpha value is -5.58. The van der Waals surface area contributed by atoms with Crippen molar-refractivity contribution in [2.24, 2.45) is 11.3 Å². The number of piperidine rings is 1. The quantitative estimate of drug-likeness (QED) is 0.0761. The van der Waals surface area contributed by atoms with Gasteiger partial charge in [-0.05, 0) is 111 Å². The van der Waals surface area contributed by atoms with Crippen LogP contribution < -0.4 is 19.7 Å². The fourth-order valence-electron chi connectivity index (χ4n) is 10.9. The third-order valence-corrected chi connectivity index (χ3v) is 16.0. The van der Waals surface area contributed by atoms with E-state index >= 15 is 0 Å². The Bertz CT molecular complexity index is 2650. The smallest absolute Gasteiger partial charge is 0.312 e. The molecule has 0 unspecified atom stereocenters. The molecule has 3 N–H and O–H groups in total. The molecule has 64 heavy (non-hydrogen) atoms. The number of nitrogens with one attached hydrogen (secondary N) is 3. The zero-order valence-electron chi connectivity index (χ0n) is 36.4. The molecular formula is C48H57N9O6S. The van der Waals surface area contributed by atoms with Crippen molar-refractivity contribution in [3.8, 4) is 11.5 Å². The van der Waals surface area contributed by atoms with Crippen molar-refractivity contribution < 1.29 is 22.9 Å². The van der Waals surface area contributed by atoms with Crippen LogP contribution in [0.5, 0.6) is 11.5 Å². The number of H-pyrrole nitrogens is 1. The number of carbonyl (C=O) groups is 1. The number of pyridine rings is 2. The van der Waals surface area contributed by atoms with E-state index in [1.807, 2.05) is 12.1 Å². The van der Waals surface area contributed by atoms with Gasteiger partial charge in [0.1, 0.15) is 22.0 Å². The zero-order chi connectivity index (χ0) is 44.0. The van der Waals surface area contributed by atoms with Gasteiger partial charge in [-0.25, -0.2) is 23.1 Å². The second kappa shape index (κ2) is 17.4. The van der Waals surface area contributed by atoms with E-state index < -0.39 is 31.4 Å². The number of ether oxygens (including phenoxy) is 1. The van der Waals surface area contributed by atoms with E-state index in [2.05, 4.69) is 71.0 Å². The number of likely N-dealkylation sites (N-methyl/N-ethyl adjacent to an activating group) is 1. The summed E-state index contributed by atoms with van der Waals surface area (Å²) in [6.45, 7) is 5.43. The first-order chi connectivity index (χ1) is 31.0. The second-order valence-corrected chi connectivity index (χ2v) is 20.6. The van der Waals surface area contributed by atoms with Crippen molar-refractivity contribution in [1.29, 1.82) is 0 Å². The molecule has 1 amide bonds. The Labute approximate surface area is 374 Å². The normalized spacial score (nSPS) is 21.1. The first-order valence-electron chi connectivity index (χ1n) is 23.0. The number of hydrogen-bond donors (Lipinski definition) is 3. The molecule has 16 heteroatoms. The van der Waals surface area contributed by atoms with Crippen LogP contribution in [-0.2, 0) is 10.0 Å². The third-order valence-electron chi connectivity index (χ3n) is 14.7. The van der Waals surface area contributed by atoms with Gasteiger partial charge in [-0.1, -0.05) is 43.5 Å². The van der Waals surface area contributed by atoms with Crippen molar-refractivity contribution in [2.45, 2.75) is 93.5 Å². The Morgan fingerprint density at radius 1 is 0.938 bits per heavy atom. The predicted molar refractivity (Wildman–Crippen MR) is 245 cm³/mol. The molecule has 15 nitrogen and oxygen atoms in total. The maximum Gasteiger partial charge on any atom is 0.312 e. The topological polar surface area (TPSA) is 179 Å². The van der Waals surface area contributed by atoms with E-state index in [9.17, 15) is 23.3 Å². The lowest BCUT2D eigenvalue weighted by Crippen LogP contribution is -2.59. The highest BCUT2D eigenvalue weighted by Crippen LogP contribution is 2.54. The van der Waals surface area contributed by atoms with Crippen LogP contribution in [-0.4, -0.2) is 96.4 Å². The van der Waals surface area contributed by atoms with Gasteiger partial charge < -0.3 is 24.8 Å². The number of hydrogen-bond acceptors (Lipinski definition) is 12. The summed E-state index contributed by atoms with van der Waals surface area (Å²) in [6.07, 6.45) is 16.9. The predicted octanol–water partition coefficient (Wildman–Crippen LogP) is 8.38. The maximum absolute atomic E-state index is 14.0. The highest BCUT2D eigenvalue weighted by Gasteiger charge is 2.50. The lowest BCUT2D eigenvalue weighted by atomic mass is 9.59. The molecule has 5 heterocycles. The third kappa shape index (κ3) is 8.79. The fourth-order valence-corrected chi connectivity index (χ4v) is 11.8. The summed E-state index contributed by atoms with van der Waals surface area (Å²) in [5.41, 5.74) is 4.41. The summed E-state index contributed by atoms with van der Waals surface area (Å²) in [5.74, 6) is 0.662. The summed E-state index contributed by atoms with van der Waals surface area (Å²) in [7, 11) is -2.34. The van der Waals surface area contributed by atoms with Crippen LogP contribution >= 0.6 is 0 Å². The highest BCUT2D eigenvalue weighted by molar-refractivity contribution is 7.90. The minimum absolute atomic E-state index is 0.00476. The van der Waals surface area contributed by atoms with Gasteiger partial charge >= 0.3 is 5.69 Å². The van der Waals surface area contributed by atoms with Crippen molar-refractivity contribution in [3.05, 3.63) is 106 Å². The molecule has 1 spiro atoms. The summed E-state index contributed by atoms with van der Waals surface area (Å²) < 4.78 is 35.9. The van der Waals surface area contributed by atoms with Gasteiger partial charge in [0.05, 0.1) is 22.9 Å². The Balaban J connectivity index is 0.844. The molecule has 1 atom stereocenters. The van der Waals surface area contributed by atoms with Crippen LogP contribution in [0.3, 0.4) is 0 Å². The number of benzene rings is 2. The zero-order valence-corrected chi connectivity index (χ0v) is 37.2. The van der Waals surface area contributed by atoms with Gasteiger partial charge in [-0.3, -0.25) is 19.8 Å². The molecule has 5 fully saturated rings. The van der Waals surface area contributed by atoms with Crippen LogP contribution in [0, 0.1) is 21.4 Å². The molecule has 10 rings (SSSR count). The number of aromatic amines is 1. The molecule has 3 saturated carbocycles. The van der Waals surface area contributed by atoms with Crippen LogP contribution in [0.4, 0.5) is 17.2 Å². The van der Waals surface area contributed by atoms with Crippen LogP contribution in [0.2, 0.25) is 0 Å². The summed E-state index contributed by atoms with van der Waals surface area (Å²) >= 11 is 0. The van der Waals surface area contributed by atoms with Gasteiger partial charge in [-0.2, -0.15) is 0 Å². The van der Waals surface area contributed by atoms with Gasteiger partial charge in [0, 0.05) is 80.8 Å². The SMILES string of the molecule is CN1CCN(C2CC3(CCN(c4ccc(C(=O)NS(=O)(=O)c5cnc(NCC6CCCCC6)c([N+](=O)[O-])c5)c(Oc5cnc6[nH]ccc6c5)c4)CC3)C2)[C@H](c2ccccc2C2CC2)C1. The van der Waals surface area contributed by atoms with E-state index in [1.54, 1.807) is 36.2 Å². The number of aromatic nitrogens is 3. The number of nitro groups is 1. The molecule has 336 valence electrons. The average molecular weight is 888 g/mol. The molecule has 0 radical (unpaired) electrons. The number of anilines is 2. The van der Waals surface area contributed by atoms with Gasteiger partial charge in [-0.15, -0.1) is 0 Å². The Kier molecular flexibility index (Phi) is 11.5. The first kappa shape index (κ1) is 42.4. The summed E-state index contributed by atoms with van der Waals surface area (Å²) in [6, 6.07) is 19.9. The van der Waals surface area contributed by atoms with Gasteiger partial charge in [0.2, 0.25) is 5.82 Å². The largest absolute Gasteiger partial charge is 0.455 e. The molecule has 2 aliphatic heterocycles. The molecule has 0 bridgehead atoms. The number of rotatable bonds is 13. The van der Waals surface area contributed by atoms with Crippen molar-refractivity contribution in [2.75, 3.05) is 56.5 Å². The number of nitrogens with zero attached hydrogens (tertiary/aromatic N) is 6. The van der Waals surface area contributed by atoms with Gasteiger partial charge in [0.15, 0.2) is 0 Å². The number of fused-ring (bicyclic) bond motifs is 1. The van der Waals surface area contributed by atoms with E-state index in [1.165, 1.54) is 37.7 Å². The number of amides is 1. The lowest BCUT2D eigenvalue weighted by molar-refractivity contribution is -0.384. The molecule has 3 aromatic heterocycles. The van der Waals surface area contributed by atoms with E-state index in [-0.39, 0.29) is 17.1 Å². The molecule has 5 aliphatic rings. The van der Waals surface area contributed by atoms with E-state index in [0.717, 1.165) is 94.6 Å². The first-order valence-corrected chi connectivity index (χ1v) is 24.5. The molecule has 3 aliphatic carbocycles. The van der Waals surface area contributed by atoms with Crippen LogP contribution in [0.15, 0.2) is 84.1 Å². The van der Waals surface area contributed by atoms with E-state index in [4.69, 9.17) is 4.74 Å². The number of sulfonamides is 1. The minimum Gasteiger partial charge on any atom is -0.455 e. The van der Waals surface area contributed by atoms with Gasteiger partial charge in [0.25, 0.3) is 15.9 Å². The fraction of sp³-hybridized carbons (Fsp3) is 0.479. The summed E-state index contributed by atoms with van der Waals surface area (Å²) in [5, 5.41) is 16.0. The van der Waals surface area contributed by atoms with E-state index in [0.29, 0.717) is 47.3 Å². The number of piperazine rings is 1. The monoisotopic (exact) mass is 887 g/mol. The van der Waals surface area contributed by atoms with Crippen LogP contribution in [0.1, 0.15) is 104 Å². The van der Waals surface area contributed by atoms with Crippen LogP contribution in [0.25, 0.3) is 11.0 Å². The molecule has 2 aromatic carbocycles. The van der Waals surface area contributed by atoms with Crippen molar-refractivity contribution in [3.63, 3.8) is 0 Å². The van der Waals surface area contributed by atoms with Crippen molar-refractivity contribution >= 4 is 44.2 Å². The maximum atomic E-state index is 14.0. The highest BCUT2D eigenvalue weighted by atomic mass is 32.2. The second-order valence-electron chi connectivity index (χ2n) is 19.0. The Morgan fingerprint density at radius 2 is 1.72 bits per heavy atom. The molecular weight excluding hydrogens is 831 g/mol. The average Bonchev–Trinajstić information content (AvgIpc) is 4.04. The van der Waals surface area contributed by atoms with Crippen molar-refractivity contribution in [1.82, 2.24) is 29.5 Å². The molecule has 2 saturated heterocycles.